The lowest BCUT2D eigenvalue weighted by molar-refractivity contribution is 0.795. The molecule has 2 heterocycles. The normalized spacial score (nSPS) is 10.8. The van der Waals surface area contributed by atoms with Gasteiger partial charge in [-0.15, -0.1) is 0 Å². The first-order valence-corrected chi connectivity index (χ1v) is 9.82. The second-order valence-electron chi connectivity index (χ2n) is 6.92. The van der Waals surface area contributed by atoms with Gasteiger partial charge in [0.15, 0.2) is 11.6 Å². The molecule has 6 heteroatoms. The molecule has 0 aliphatic rings. The third-order valence-corrected chi connectivity index (χ3v) is 4.81. The summed E-state index contributed by atoms with van der Waals surface area (Å²) in [5.41, 5.74) is 10.8. The number of benzene rings is 2. The largest absolute Gasteiger partial charge is 0.393 e. The van der Waals surface area contributed by atoms with E-state index < -0.39 is 0 Å². The Bertz CT molecular complexity index is 1100. The van der Waals surface area contributed by atoms with Crippen LogP contribution in [0.5, 0.6) is 0 Å². The van der Waals surface area contributed by atoms with Crippen LogP contribution in [0, 0.1) is 0 Å². The number of fused-ring (bicyclic) bond motifs is 1. The lowest BCUT2D eigenvalue weighted by Gasteiger charge is -2.13. The number of nitrogens with zero attached hydrogens (tertiary/aromatic N) is 3. The number of hydrogen-bond donors (Lipinski definition) is 3. The summed E-state index contributed by atoms with van der Waals surface area (Å²) in [6, 6.07) is 18.3. The third kappa shape index (κ3) is 4.27. The Labute approximate surface area is 170 Å². The first kappa shape index (κ1) is 18.7. The van der Waals surface area contributed by atoms with Gasteiger partial charge in [0.05, 0.1) is 11.2 Å². The van der Waals surface area contributed by atoms with Gasteiger partial charge in [0.1, 0.15) is 12.0 Å². The van der Waals surface area contributed by atoms with Crippen molar-refractivity contribution in [2.75, 3.05) is 16.4 Å². The van der Waals surface area contributed by atoms with Crippen molar-refractivity contribution in [3.8, 4) is 0 Å². The maximum Gasteiger partial charge on any atom is 0.159 e. The second kappa shape index (κ2) is 8.56. The minimum Gasteiger partial charge on any atom is -0.393 e. The van der Waals surface area contributed by atoms with E-state index in [0.717, 1.165) is 28.7 Å². The molecule has 6 nitrogen and oxygen atoms in total. The fourth-order valence-electron chi connectivity index (χ4n) is 3.20. The zero-order valence-electron chi connectivity index (χ0n) is 16.4. The Kier molecular flexibility index (Phi) is 5.52. The zero-order valence-corrected chi connectivity index (χ0v) is 16.4. The van der Waals surface area contributed by atoms with Gasteiger partial charge in [0.2, 0.25) is 0 Å². The van der Waals surface area contributed by atoms with Gasteiger partial charge in [-0.3, -0.25) is 4.98 Å². The Morgan fingerprint density at radius 2 is 1.62 bits per heavy atom. The van der Waals surface area contributed by atoms with Gasteiger partial charge in [-0.1, -0.05) is 43.7 Å². The molecular formula is C23H24N6. The van der Waals surface area contributed by atoms with Crippen molar-refractivity contribution in [3.05, 3.63) is 72.7 Å². The fourth-order valence-corrected chi connectivity index (χ4v) is 3.20. The summed E-state index contributed by atoms with van der Waals surface area (Å²) >= 11 is 0. The van der Waals surface area contributed by atoms with Gasteiger partial charge in [-0.05, 0) is 42.7 Å². The number of nitrogen functional groups attached to an aromatic ring is 1. The summed E-state index contributed by atoms with van der Waals surface area (Å²) in [6.45, 7) is 2.20. The molecule has 4 aromatic rings. The predicted molar refractivity (Wildman–Crippen MR) is 120 cm³/mol. The predicted octanol–water partition coefficient (Wildman–Crippen LogP) is 5.44. The Morgan fingerprint density at radius 3 is 2.41 bits per heavy atom. The topological polar surface area (TPSA) is 88.8 Å². The molecular weight excluding hydrogens is 360 g/mol. The van der Waals surface area contributed by atoms with Crippen molar-refractivity contribution in [3.63, 3.8) is 0 Å². The highest BCUT2D eigenvalue weighted by atomic mass is 15.1. The first-order valence-electron chi connectivity index (χ1n) is 9.82. The minimum absolute atomic E-state index is 0.454. The lowest BCUT2D eigenvalue weighted by Crippen LogP contribution is -2.05. The van der Waals surface area contributed by atoms with E-state index in [1.807, 2.05) is 42.5 Å². The average Bonchev–Trinajstić information content (AvgIpc) is 2.76. The molecule has 0 fully saturated rings. The number of nitrogens with two attached hydrogens (primary N) is 1. The van der Waals surface area contributed by atoms with E-state index in [0.29, 0.717) is 17.3 Å². The smallest absolute Gasteiger partial charge is 0.159 e. The maximum absolute atomic E-state index is 6.35. The molecule has 146 valence electrons. The van der Waals surface area contributed by atoms with Gasteiger partial charge >= 0.3 is 0 Å². The molecule has 0 spiro atoms. The molecule has 2 aromatic heterocycles. The van der Waals surface area contributed by atoms with Gasteiger partial charge < -0.3 is 16.4 Å². The number of nitrogens with one attached hydrogen (secondary N) is 2. The zero-order chi connectivity index (χ0) is 20.1. The summed E-state index contributed by atoms with van der Waals surface area (Å²) in [5.74, 6) is 1.11. The number of aryl methyl sites for hydroxylation is 1. The summed E-state index contributed by atoms with van der Waals surface area (Å²) in [7, 11) is 0. The van der Waals surface area contributed by atoms with E-state index in [2.05, 4.69) is 44.6 Å². The minimum atomic E-state index is 0.454. The van der Waals surface area contributed by atoms with Gasteiger partial charge in [-0.25, -0.2) is 9.97 Å². The Balaban J connectivity index is 1.56. The third-order valence-electron chi connectivity index (χ3n) is 4.81. The van der Waals surface area contributed by atoms with E-state index in [1.165, 1.54) is 24.7 Å². The van der Waals surface area contributed by atoms with E-state index in [9.17, 15) is 0 Å². The van der Waals surface area contributed by atoms with E-state index in [-0.39, 0.29) is 0 Å². The summed E-state index contributed by atoms with van der Waals surface area (Å²) < 4.78 is 0. The average molecular weight is 384 g/mol. The molecule has 0 saturated heterocycles. The van der Waals surface area contributed by atoms with Crippen molar-refractivity contribution in [2.24, 2.45) is 0 Å². The van der Waals surface area contributed by atoms with Crippen LogP contribution in [0.2, 0.25) is 0 Å². The quantitative estimate of drug-likeness (QED) is 0.393. The van der Waals surface area contributed by atoms with Crippen LogP contribution in [-0.4, -0.2) is 15.0 Å². The molecule has 0 bridgehead atoms. The molecule has 4 N–H and O–H groups in total. The maximum atomic E-state index is 6.35. The number of pyridine rings is 1. The summed E-state index contributed by atoms with van der Waals surface area (Å²) in [5, 5.41) is 7.63. The van der Waals surface area contributed by atoms with Crippen LogP contribution in [0.25, 0.3) is 10.9 Å². The number of unbranched alkanes of at least 4 members (excludes halogenated alkanes) is 1. The second-order valence-corrected chi connectivity index (χ2v) is 6.92. The molecule has 0 aliphatic heterocycles. The van der Waals surface area contributed by atoms with Gasteiger partial charge in [-0.2, -0.15) is 0 Å². The Hall–Kier alpha value is -3.67. The van der Waals surface area contributed by atoms with Crippen molar-refractivity contribution in [1.29, 1.82) is 0 Å². The van der Waals surface area contributed by atoms with Crippen LogP contribution in [0.3, 0.4) is 0 Å². The number of hydrogen-bond acceptors (Lipinski definition) is 6. The molecule has 0 radical (unpaired) electrons. The van der Waals surface area contributed by atoms with Crippen molar-refractivity contribution < 1.29 is 0 Å². The molecule has 2 aromatic carbocycles. The molecule has 0 saturated carbocycles. The van der Waals surface area contributed by atoms with Crippen molar-refractivity contribution >= 4 is 39.6 Å². The van der Waals surface area contributed by atoms with Gasteiger partial charge in [0.25, 0.3) is 0 Å². The molecule has 0 atom stereocenters. The summed E-state index contributed by atoms with van der Waals surface area (Å²) in [4.78, 5) is 13.1. The molecule has 0 aliphatic carbocycles. The number of aromatic nitrogens is 3. The van der Waals surface area contributed by atoms with Crippen LogP contribution in [-0.2, 0) is 6.42 Å². The van der Waals surface area contributed by atoms with Crippen LogP contribution in [0.4, 0.5) is 28.7 Å². The fraction of sp³-hybridized carbons (Fsp3) is 0.174. The van der Waals surface area contributed by atoms with Crippen LogP contribution in [0.1, 0.15) is 25.3 Å². The molecule has 29 heavy (non-hydrogen) atoms. The van der Waals surface area contributed by atoms with Crippen molar-refractivity contribution in [1.82, 2.24) is 15.0 Å². The van der Waals surface area contributed by atoms with Crippen molar-refractivity contribution in [2.45, 2.75) is 26.2 Å². The number of rotatable bonds is 7. The Morgan fingerprint density at radius 1 is 0.862 bits per heavy atom. The SMILES string of the molecule is CCCCc1ccc(Nc2ncnc(Nc3cccc4cccnc34)c2N)cc1. The highest BCUT2D eigenvalue weighted by Gasteiger charge is 2.10. The highest BCUT2D eigenvalue weighted by molar-refractivity contribution is 5.93. The van der Waals surface area contributed by atoms with Crippen LogP contribution < -0.4 is 16.4 Å². The van der Waals surface area contributed by atoms with Crippen LogP contribution >= 0.6 is 0 Å². The van der Waals surface area contributed by atoms with E-state index in [1.54, 1.807) is 6.20 Å². The summed E-state index contributed by atoms with van der Waals surface area (Å²) in [6.07, 6.45) is 6.76. The van der Waals surface area contributed by atoms with E-state index >= 15 is 0 Å². The first-order chi connectivity index (χ1) is 14.2. The number of para-hydroxylation sites is 1. The van der Waals surface area contributed by atoms with E-state index in [4.69, 9.17) is 5.73 Å². The van der Waals surface area contributed by atoms with Crippen LogP contribution in [0.15, 0.2) is 67.1 Å². The lowest BCUT2D eigenvalue weighted by atomic mass is 10.1. The number of anilines is 5. The van der Waals surface area contributed by atoms with Gasteiger partial charge in [0, 0.05) is 17.3 Å². The molecule has 4 rings (SSSR count). The molecule has 0 amide bonds. The standard InChI is InChI=1S/C23H24N6/c1-2-3-6-16-10-12-18(13-11-16)28-22-20(24)23(27-15-26-22)29-19-9-4-7-17-8-5-14-25-21(17)19/h4-5,7-15H,2-3,6,24H2,1H3,(H2,26,27,28,29). The monoisotopic (exact) mass is 384 g/mol. The molecule has 0 unspecified atom stereocenters. The highest BCUT2D eigenvalue weighted by Crippen LogP contribution is 2.30.